The van der Waals surface area contributed by atoms with Gasteiger partial charge in [-0.15, -0.1) is 0 Å². The molecule has 2 aromatic carbocycles. The van der Waals surface area contributed by atoms with Crippen LogP contribution in [0.2, 0.25) is 0 Å². The number of amides is 2. The first-order valence-corrected chi connectivity index (χ1v) is 13.8. The van der Waals surface area contributed by atoms with Crippen LogP contribution in [-0.2, 0) is 22.7 Å². The Morgan fingerprint density at radius 2 is 1.12 bits per heavy atom. The Morgan fingerprint density at radius 1 is 0.700 bits per heavy atom. The monoisotopic (exact) mass is 540 g/mol. The highest BCUT2D eigenvalue weighted by Gasteiger charge is 2.32. The van der Waals surface area contributed by atoms with Gasteiger partial charge in [-0.1, -0.05) is 60.7 Å². The zero-order valence-corrected chi connectivity index (χ0v) is 22.5. The summed E-state index contributed by atoms with van der Waals surface area (Å²) in [5, 5.41) is 5.66. The molecule has 0 spiro atoms. The van der Waals surface area contributed by atoms with Crippen molar-refractivity contribution in [3.05, 3.63) is 96.6 Å². The van der Waals surface area contributed by atoms with Crippen LogP contribution >= 0.6 is 0 Å². The number of imidazole rings is 2. The Bertz CT molecular complexity index is 1210. The zero-order chi connectivity index (χ0) is 27.6. The predicted octanol–water partition coefficient (Wildman–Crippen LogP) is 4.03. The number of carbonyl (C=O) groups excluding carboxylic acids is 2. The molecule has 40 heavy (non-hydrogen) atoms. The number of anilines is 2. The van der Waals surface area contributed by atoms with Gasteiger partial charge in [0.2, 0.25) is 23.7 Å². The van der Waals surface area contributed by atoms with Crippen molar-refractivity contribution in [2.75, 3.05) is 23.7 Å². The quantitative estimate of drug-likeness (QED) is 0.268. The molecule has 208 valence electrons. The lowest BCUT2D eigenvalue weighted by molar-refractivity contribution is -0.121. The molecule has 6 rings (SSSR count). The van der Waals surface area contributed by atoms with Crippen LogP contribution in [0.4, 0.5) is 11.9 Å². The lowest BCUT2D eigenvalue weighted by atomic mass is 10.1. The highest BCUT2D eigenvalue weighted by atomic mass is 16.2. The van der Waals surface area contributed by atoms with E-state index < -0.39 is 0 Å². The van der Waals surface area contributed by atoms with Crippen LogP contribution in [0.25, 0.3) is 0 Å². The number of aromatic amines is 2. The second kappa shape index (κ2) is 13.7. The van der Waals surface area contributed by atoms with Gasteiger partial charge in [0, 0.05) is 37.9 Å². The van der Waals surface area contributed by atoms with Crippen LogP contribution in [0.1, 0.15) is 36.8 Å². The van der Waals surface area contributed by atoms with Gasteiger partial charge in [0.25, 0.3) is 0 Å². The highest BCUT2D eigenvalue weighted by Crippen LogP contribution is 2.22. The molecule has 0 unspecified atom stereocenters. The molecule has 4 N–H and O–H groups in total. The third kappa shape index (κ3) is 7.43. The number of nitrogens with one attached hydrogen (secondary N) is 4. The van der Waals surface area contributed by atoms with Gasteiger partial charge < -0.3 is 9.97 Å². The number of H-pyrrole nitrogens is 2. The molecule has 4 aromatic rings. The fraction of sp³-hybridized carbons (Fsp3) is 0.333. The van der Waals surface area contributed by atoms with Gasteiger partial charge in [0.15, 0.2) is 0 Å². The van der Waals surface area contributed by atoms with Gasteiger partial charge >= 0.3 is 0 Å². The first-order valence-electron chi connectivity index (χ1n) is 13.8. The summed E-state index contributed by atoms with van der Waals surface area (Å²) in [5.41, 5.74) is 2.48. The predicted molar refractivity (Wildman–Crippen MR) is 154 cm³/mol. The first-order chi connectivity index (χ1) is 19.7. The van der Waals surface area contributed by atoms with Crippen LogP contribution in [0.15, 0.2) is 85.5 Å². The zero-order valence-electron chi connectivity index (χ0n) is 22.5. The first kappa shape index (κ1) is 27.3. The topological polar surface area (TPSA) is 122 Å². The van der Waals surface area contributed by atoms with Gasteiger partial charge in [0.05, 0.1) is 12.1 Å². The van der Waals surface area contributed by atoms with Crippen LogP contribution in [0.3, 0.4) is 0 Å². The van der Waals surface area contributed by atoms with Gasteiger partial charge in [-0.2, -0.15) is 0 Å². The molecule has 4 heterocycles. The molecule has 2 aromatic heterocycles. The molecule has 2 aliphatic rings. The molecule has 10 nitrogen and oxygen atoms in total. The lowest BCUT2D eigenvalue weighted by Gasteiger charge is -2.23. The average molecular weight is 541 g/mol. The Labute approximate surface area is 234 Å². The van der Waals surface area contributed by atoms with E-state index >= 15 is 0 Å². The van der Waals surface area contributed by atoms with E-state index in [0.717, 1.165) is 51.9 Å². The molecule has 0 aliphatic carbocycles. The van der Waals surface area contributed by atoms with Gasteiger partial charge in [-0.25, -0.2) is 9.97 Å². The maximum Gasteiger partial charge on any atom is 0.244 e. The maximum atomic E-state index is 12.3. The Hall–Kier alpha value is -4.28. The van der Waals surface area contributed by atoms with E-state index in [-0.39, 0.29) is 23.9 Å². The molecular formula is C30H36N8O2. The molecule has 0 saturated carbocycles. The molecule has 0 bridgehead atoms. The fourth-order valence-corrected chi connectivity index (χ4v) is 5.33. The number of nitrogens with zero attached hydrogens (tertiary/aromatic N) is 4. The maximum absolute atomic E-state index is 12.3. The molecule has 2 aliphatic heterocycles. The van der Waals surface area contributed by atoms with E-state index in [0.29, 0.717) is 11.9 Å². The SMILES string of the molecule is O=C(Nc1ncc[nH]1)[C@@H]1CCCN1Cc1ccccc1.O=C(Nc1ncc[nH]1)[C@@H]1CCCN1Cc1ccccc1. The second-order valence-corrected chi connectivity index (χ2v) is 10.1. The van der Waals surface area contributed by atoms with Gasteiger partial charge in [0.1, 0.15) is 0 Å². The van der Waals surface area contributed by atoms with Crippen molar-refractivity contribution < 1.29 is 9.59 Å². The van der Waals surface area contributed by atoms with Crippen molar-refractivity contribution in [3.63, 3.8) is 0 Å². The van der Waals surface area contributed by atoms with Crippen molar-refractivity contribution in [1.29, 1.82) is 0 Å². The van der Waals surface area contributed by atoms with Crippen molar-refractivity contribution in [3.8, 4) is 0 Å². The van der Waals surface area contributed by atoms with Crippen molar-refractivity contribution in [2.45, 2.75) is 50.9 Å². The largest absolute Gasteiger partial charge is 0.331 e. The molecule has 10 heteroatoms. The summed E-state index contributed by atoms with van der Waals surface area (Å²) in [5.74, 6) is 1.07. The van der Waals surface area contributed by atoms with Gasteiger partial charge in [-0.05, 0) is 49.9 Å². The second-order valence-electron chi connectivity index (χ2n) is 10.1. The molecule has 2 amide bonds. The minimum atomic E-state index is -0.0692. The van der Waals surface area contributed by atoms with Crippen molar-refractivity contribution in [2.24, 2.45) is 0 Å². The summed E-state index contributed by atoms with van der Waals surface area (Å²) in [4.78, 5) is 42.9. The molecule has 2 atom stereocenters. The number of hydrogen-bond acceptors (Lipinski definition) is 6. The van der Waals surface area contributed by atoms with Crippen molar-refractivity contribution in [1.82, 2.24) is 29.7 Å². The molecule has 2 saturated heterocycles. The smallest absolute Gasteiger partial charge is 0.244 e. The summed E-state index contributed by atoms with van der Waals surface area (Å²) in [7, 11) is 0. The number of hydrogen-bond donors (Lipinski definition) is 4. The van der Waals surface area contributed by atoms with Crippen molar-refractivity contribution >= 4 is 23.7 Å². The Kier molecular flexibility index (Phi) is 9.33. The van der Waals surface area contributed by atoms with E-state index in [1.165, 1.54) is 11.1 Å². The third-order valence-electron chi connectivity index (χ3n) is 7.27. The third-order valence-corrected chi connectivity index (χ3v) is 7.27. The van der Waals surface area contributed by atoms with E-state index in [1.54, 1.807) is 24.8 Å². The van der Waals surface area contributed by atoms with Crippen LogP contribution in [-0.4, -0.2) is 66.7 Å². The van der Waals surface area contributed by atoms with Crippen LogP contribution in [0, 0.1) is 0 Å². The summed E-state index contributed by atoms with van der Waals surface area (Å²) < 4.78 is 0. The Morgan fingerprint density at radius 3 is 1.50 bits per heavy atom. The van der Waals surface area contributed by atoms with Crippen LogP contribution < -0.4 is 10.6 Å². The minimum Gasteiger partial charge on any atom is -0.331 e. The molecule has 0 radical (unpaired) electrons. The normalized spacial score (nSPS) is 19.1. The summed E-state index contributed by atoms with van der Waals surface area (Å²) in [6, 6.07) is 20.4. The highest BCUT2D eigenvalue weighted by molar-refractivity contribution is 5.94. The standard InChI is InChI=1S/2C15H18N4O/c2*20-14(18-15-16-8-9-17-15)13-7-4-10-19(13)11-12-5-2-1-3-6-12/h2*1-3,5-6,8-9,13H,4,7,10-11H2,(H2,16,17,18,20)/t2*13-/m00/s1. The number of rotatable bonds is 8. The van der Waals surface area contributed by atoms with E-state index in [9.17, 15) is 9.59 Å². The summed E-state index contributed by atoms with van der Waals surface area (Å²) in [6.07, 6.45) is 10.6. The number of aromatic nitrogens is 4. The molecule has 2 fully saturated rings. The van der Waals surface area contributed by atoms with Crippen LogP contribution in [0.5, 0.6) is 0 Å². The minimum absolute atomic E-state index is 0.0216. The Balaban J connectivity index is 0.000000161. The van der Waals surface area contributed by atoms with E-state index in [2.05, 4.69) is 64.6 Å². The number of carbonyl (C=O) groups is 2. The number of benzene rings is 2. The summed E-state index contributed by atoms with van der Waals surface area (Å²) in [6.45, 7) is 3.56. The molecular weight excluding hydrogens is 504 g/mol. The van der Waals surface area contributed by atoms with E-state index in [4.69, 9.17) is 0 Å². The van der Waals surface area contributed by atoms with Gasteiger partial charge in [-0.3, -0.25) is 30.0 Å². The number of likely N-dealkylation sites (tertiary alicyclic amines) is 2. The van der Waals surface area contributed by atoms with E-state index in [1.807, 2.05) is 36.4 Å². The lowest BCUT2D eigenvalue weighted by Crippen LogP contribution is -2.39. The summed E-state index contributed by atoms with van der Waals surface area (Å²) >= 11 is 0. The fourth-order valence-electron chi connectivity index (χ4n) is 5.33. The average Bonchev–Trinajstić information content (AvgIpc) is 3.79.